The summed E-state index contributed by atoms with van der Waals surface area (Å²) >= 11 is 2.11. The van der Waals surface area contributed by atoms with Crippen LogP contribution in [0.3, 0.4) is 0 Å². The first-order valence-corrected chi connectivity index (χ1v) is 6.54. The van der Waals surface area contributed by atoms with Crippen LogP contribution in [0.25, 0.3) is 0 Å². The maximum atomic E-state index is 2.59. The summed E-state index contributed by atoms with van der Waals surface area (Å²) < 4.78 is 0. The van der Waals surface area contributed by atoms with Crippen molar-refractivity contribution in [1.29, 1.82) is 0 Å². The molecule has 0 atom stereocenters. The Morgan fingerprint density at radius 3 is 2.31 bits per heavy atom. The molecule has 1 rings (SSSR count). The molecule has 0 spiro atoms. The number of hydrogen-bond donors (Lipinski definition) is 0. The van der Waals surface area contributed by atoms with Gasteiger partial charge in [0.1, 0.15) is 0 Å². The topological polar surface area (TPSA) is 3.24 Å². The Hall–Kier alpha value is 0.310. The fraction of sp³-hybridized carbons (Fsp3) is 1.00. The summed E-state index contributed by atoms with van der Waals surface area (Å²) in [6.07, 6.45) is 4.00. The molecule has 2 heteroatoms. The van der Waals surface area contributed by atoms with Gasteiger partial charge < -0.3 is 0 Å². The number of nitrogens with zero attached hydrogens (tertiary/aromatic N) is 1. The van der Waals surface area contributed by atoms with Gasteiger partial charge in [0.2, 0.25) is 0 Å². The Balaban J connectivity index is 2.49. The van der Waals surface area contributed by atoms with Gasteiger partial charge in [0.15, 0.2) is 0 Å². The van der Waals surface area contributed by atoms with Gasteiger partial charge in [-0.1, -0.05) is 6.92 Å². The minimum Gasteiger partial charge on any atom is -0.298 e. The highest BCUT2D eigenvalue weighted by Gasteiger charge is 2.28. The SMILES string of the molecule is CCC(C)(C)N(C)C1CCSCC1. The van der Waals surface area contributed by atoms with Gasteiger partial charge in [0.25, 0.3) is 0 Å². The van der Waals surface area contributed by atoms with Gasteiger partial charge in [0, 0.05) is 11.6 Å². The number of rotatable bonds is 3. The van der Waals surface area contributed by atoms with Gasteiger partial charge in [-0.15, -0.1) is 0 Å². The third-order valence-electron chi connectivity index (χ3n) is 3.56. The number of hydrogen-bond acceptors (Lipinski definition) is 2. The zero-order chi connectivity index (χ0) is 9.90. The molecule has 0 saturated carbocycles. The molecular weight excluding hydrogens is 178 g/mol. The van der Waals surface area contributed by atoms with Gasteiger partial charge in [0.05, 0.1) is 0 Å². The van der Waals surface area contributed by atoms with Crippen LogP contribution in [-0.4, -0.2) is 35.0 Å². The van der Waals surface area contributed by atoms with E-state index >= 15 is 0 Å². The molecular formula is C11H23NS. The fourth-order valence-electron chi connectivity index (χ4n) is 1.82. The molecule has 0 bridgehead atoms. The maximum absolute atomic E-state index is 2.59. The van der Waals surface area contributed by atoms with E-state index in [4.69, 9.17) is 0 Å². The van der Waals surface area contributed by atoms with Crippen molar-refractivity contribution in [3.8, 4) is 0 Å². The molecule has 0 aromatic rings. The van der Waals surface area contributed by atoms with Crippen molar-refractivity contribution in [2.75, 3.05) is 18.6 Å². The van der Waals surface area contributed by atoms with E-state index in [-0.39, 0.29) is 0 Å². The molecule has 0 radical (unpaired) electrons. The lowest BCUT2D eigenvalue weighted by Gasteiger charge is -2.42. The maximum Gasteiger partial charge on any atom is 0.0150 e. The second-order valence-corrected chi connectivity index (χ2v) is 5.85. The molecule has 0 aliphatic carbocycles. The lowest BCUT2D eigenvalue weighted by molar-refractivity contribution is 0.0917. The first-order valence-electron chi connectivity index (χ1n) is 5.38. The van der Waals surface area contributed by atoms with Crippen LogP contribution in [0.15, 0.2) is 0 Å². The van der Waals surface area contributed by atoms with E-state index in [2.05, 4.69) is 44.5 Å². The quantitative estimate of drug-likeness (QED) is 0.690. The smallest absolute Gasteiger partial charge is 0.0150 e. The Morgan fingerprint density at radius 1 is 1.31 bits per heavy atom. The normalized spacial score (nSPS) is 21.0. The first-order chi connectivity index (χ1) is 6.08. The molecule has 1 saturated heterocycles. The second-order valence-electron chi connectivity index (χ2n) is 4.62. The Bertz CT molecular complexity index is 150. The highest BCUT2D eigenvalue weighted by Crippen LogP contribution is 2.27. The summed E-state index contributed by atoms with van der Waals surface area (Å²) in [6, 6.07) is 0.830. The van der Waals surface area contributed by atoms with Gasteiger partial charge >= 0.3 is 0 Å². The zero-order valence-electron chi connectivity index (χ0n) is 9.47. The molecule has 0 aromatic carbocycles. The van der Waals surface area contributed by atoms with Crippen LogP contribution in [0.4, 0.5) is 0 Å². The summed E-state index contributed by atoms with van der Waals surface area (Å²) in [5, 5.41) is 0. The average Bonchev–Trinajstić information content (AvgIpc) is 2.18. The minimum atomic E-state index is 0.382. The van der Waals surface area contributed by atoms with E-state index in [0.29, 0.717) is 5.54 Å². The lowest BCUT2D eigenvalue weighted by atomic mass is 9.96. The van der Waals surface area contributed by atoms with Crippen LogP contribution in [0.2, 0.25) is 0 Å². The molecule has 13 heavy (non-hydrogen) atoms. The molecule has 1 fully saturated rings. The van der Waals surface area contributed by atoms with Crippen molar-refractivity contribution >= 4 is 11.8 Å². The van der Waals surface area contributed by atoms with Crippen molar-refractivity contribution in [2.24, 2.45) is 0 Å². The summed E-state index contributed by atoms with van der Waals surface area (Å²) in [6.45, 7) is 7.00. The van der Waals surface area contributed by atoms with Crippen LogP contribution in [0.1, 0.15) is 40.0 Å². The van der Waals surface area contributed by atoms with Gasteiger partial charge in [-0.25, -0.2) is 0 Å². The summed E-state index contributed by atoms with van der Waals surface area (Å²) in [5.74, 6) is 2.71. The predicted octanol–water partition coefficient (Wildman–Crippen LogP) is 3.00. The molecule has 1 aliphatic heterocycles. The molecule has 0 N–H and O–H groups in total. The molecule has 1 nitrogen and oxygen atoms in total. The molecule has 1 heterocycles. The highest BCUT2D eigenvalue weighted by molar-refractivity contribution is 7.99. The van der Waals surface area contributed by atoms with E-state index < -0.39 is 0 Å². The van der Waals surface area contributed by atoms with Crippen molar-refractivity contribution < 1.29 is 0 Å². The molecule has 1 aliphatic rings. The molecule has 0 aromatic heterocycles. The summed E-state index contributed by atoms with van der Waals surface area (Å²) in [7, 11) is 2.30. The Morgan fingerprint density at radius 2 is 1.85 bits per heavy atom. The Labute approximate surface area is 87.3 Å². The van der Waals surface area contributed by atoms with Crippen LogP contribution in [0.5, 0.6) is 0 Å². The van der Waals surface area contributed by atoms with E-state index in [1.807, 2.05) is 0 Å². The van der Waals surface area contributed by atoms with E-state index in [1.165, 1.54) is 30.8 Å². The van der Waals surface area contributed by atoms with Gasteiger partial charge in [-0.05, 0) is 51.7 Å². The number of thioether (sulfide) groups is 1. The summed E-state index contributed by atoms with van der Waals surface area (Å²) in [5.41, 5.74) is 0.382. The van der Waals surface area contributed by atoms with Crippen LogP contribution >= 0.6 is 11.8 Å². The van der Waals surface area contributed by atoms with Crippen LogP contribution in [-0.2, 0) is 0 Å². The van der Waals surface area contributed by atoms with Crippen molar-refractivity contribution in [2.45, 2.75) is 51.6 Å². The molecule has 78 valence electrons. The third kappa shape index (κ3) is 2.88. The zero-order valence-corrected chi connectivity index (χ0v) is 10.3. The molecule has 0 amide bonds. The van der Waals surface area contributed by atoms with Crippen LogP contribution in [0, 0.1) is 0 Å². The highest BCUT2D eigenvalue weighted by atomic mass is 32.2. The standard InChI is InChI=1S/C11H23NS/c1-5-11(2,3)12(4)10-6-8-13-9-7-10/h10H,5-9H2,1-4H3. The third-order valence-corrected chi connectivity index (χ3v) is 4.61. The first kappa shape index (κ1) is 11.4. The van der Waals surface area contributed by atoms with E-state index in [1.54, 1.807) is 0 Å². The molecule has 0 unspecified atom stereocenters. The van der Waals surface area contributed by atoms with E-state index in [0.717, 1.165) is 6.04 Å². The Kier molecular flexibility index (Phi) is 4.11. The monoisotopic (exact) mass is 201 g/mol. The predicted molar refractivity (Wildman–Crippen MR) is 62.5 cm³/mol. The average molecular weight is 201 g/mol. The van der Waals surface area contributed by atoms with Crippen LogP contribution < -0.4 is 0 Å². The van der Waals surface area contributed by atoms with E-state index in [9.17, 15) is 0 Å². The van der Waals surface area contributed by atoms with Crippen molar-refractivity contribution in [3.05, 3.63) is 0 Å². The second kappa shape index (κ2) is 4.70. The van der Waals surface area contributed by atoms with Gasteiger partial charge in [-0.2, -0.15) is 11.8 Å². The van der Waals surface area contributed by atoms with Crippen molar-refractivity contribution in [1.82, 2.24) is 4.90 Å². The minimum absolute atomic E-state index is 0.382. The lowest BCUT2D eigenvalue weighted by Crippen LogP contribution is -2.48. The summed E-state index contributed by atoms with van der Waals surface area (Å²) in [4.78, 5) is 2.59. The van der Waals surface area contributed by atoms with Crippen molar-refractivity contribution in [3.63, 3.8) is 0 Å². The fourth-order valence-corrected chi connectivity index (χ4v) is 2.90. The largest absolute Gasteiger partial charge is 0.298 e. The van der Waals surface area contributed by atoms with Gasteiger partial charge in [-0.3, -0.25) is 4.90 Å².